The van der Waals surface area contributed by atoms with E-state index in [0.717, 1.165) is 72.0 Å². The molecule has 0 aromatic heterocycles. The van der Waals surface area contributed by atoms with Gasteiger partial charge in [0.25, 0.3) is 0 Å². The van der Waals surface area contributed by atoms with Crippen LogP contribution in [0.15, 0.2) is 175 Å². The summed E-state index contributed by atoms with van der Waals surface area (Å²) in [6.07, 6.45) is 37.5. The summed E-state index contributed by atoms with van der Waals surface area (Å²) in [6, 6.07) is 0. The molecule has 6 saturated carbocycles. The van der Waals surface area contributed by atoms with E-state index >= 15 is 0 Å². The van der Waals surface area contributed by atoms with Crippen LogP contribution in [0.5, 0.6) is 0 Å². The van der Waals surface area contributed by atoms with Crippen LogP contribution in [0.1, 0.15) is 57.8 Å². The molecule has 0 heteroatoms. The van der Waals surface area contributed by atoms with Gasteiger partial charge in [0.1, 0.15) is 0 Å². The molecular formula is C45H30. The SMILES string of the molecule is C1=C=C=C2C(=C=C=C=C=C3C(=C=C=C=C=C4C(=C=1)C15C=CC=CC41CCC5)C14C=CC=CC31CCC4)C13C=CC=CC21CCC3. The van der Waals surface area contributed by atoms with Crippen molar-refractivity contribution < 1.29 is 0 Å². The van der Waals surface area contributed by atoms with Gasteiger partial charge in [0.15, 0.2) is 0 Å². The molecule has 0 amide bonds. The largest absolute Gasteiger partial charge is 0.0721 e. The van der Waals surface area contributed by atoms with Gasteiger partial charge in [-0.15, -0.1) is 0 Å². The van der Waals surface area contributed by atoms with Crippen LogP contribution in [0, 0.1) is 32.5 Å². The predicted octanol–water partition coefficient (Wildman–Crippen LogP) is 9.64. The van der Waals surface area contributed by atoms with E-state index in [9.17, 15) is 0 Å². The van der Waals surface area contributed by atoms with E-state index in [1.54, 1.807) is 0 Å². The minimum Gasteiger partial charge on any atom is -0.0721 e. The Morgan fingerprint density at radius 1 is 0.289 bits per heavy atom. The van der Waals surface area contributed by atoms with E-state index in [1.165, 1.54) is 19.3 Å². The van der Waals surface area contributed by atoms with E-state index in [0.29, 0.717) is 0 Å². The maximum Gasteiger partial charge on any atom is 0.0363 e. The van der Waals surface area contributed by atoms with Gasteiger partial charge >= 0.3 is 0 Å². The van der Waals surface area contributed by atoms with Crippen LogP contribution in [0.2, 0.25) is 0 Å². The molecule has 10 aliphatic carbocycles. The Hall–Kier alpha value is -4.98. The molecule has 0 saturated heterocycles. The summed E-state index contributed by atoms with van der Waals surface area (Å²) in [7, 11) is 0. The maximum absolute atomic E-state index is 3.54. The number of fused-ring (bicyclic) bond motifs is 3. The smallest absolute Gasteiger partial charge is 0.0363 e. The Morgan fingerprint density at radius 2 is 0.467 bits per heavy atom. The molecule has 0 aromatic rings. The lowest BCUT2D eigenvalue weighted by Gasteiger charge is -2.56. The third-order valence-electron chi connectivity index (χ3n) is 13.2. The number of allylic oxidation sites excluding steroid dienone is 18. The van der Waals surface area contributed by atoms with E-state index in [2.05, 4.69) is 142 Å². The summed E-state index contributed by atoms with van der Waals surface area (Å²) < 4.78 is 0. The van der Waals surface area contributed by atoms with Crippen molar-refractivity contribution in [3.05, 3.63) is 175 Å². The first-order valence-corrected chi connectivity index (χ1v) is 16.6. The summed E-state index contributed by atoms with van der Waals surface area (Å²) in [4.78, 5) is 0. The molecule has 0 spiro atoms. The Bertz CT molecular complexity index is 1910. The third kappa shape index (κ3) is 2.65. The minimum atomic E-state index is -0.0574. The van der Waals surface area contributed by atoms with E-state index in [1.807, 2.05) is 0 Å². The van der Waals surface area contributed by atoms with Crippen molar-refractivity contribution in [2.45, 2.75) is 57.8 Å². The van der Waals surface area contributed by atoms with E-state index in [4.69, 9.17) is 0 Å². The number of hydrogen-bond acceptors (Lipinski definition) is 0. The summed E-state index contributed by atoms with van der Waals surface area (Å²) in [5, 5.41) is 0. The fourth-order valence-corrected chi connectivity index (χ4v) is 11.3. The van der Waals surface area contributed by atoms with Gasteiger partial charge in [0.05, 0.1) is 0 Å². The van der Waals surface area contributed by atoms with Crippen molar-refractivity contribution >= 4 is 0 Å². The zero-order chi connectivity index (χ0) is 29.8. The van der Waals surface area contributed by atoms with Crippen molar-refractivity contribution in [3.63, 3.8) is 0 Å². The van der Waals surface area contributed by atoms with Gasteiger partial charge in [-0.05, 0) is 72.9 Å². The summed E-state index contributed by atoms with van der Waals surface area (Å²) in [5.74, 6) is 0. The Balaban J connectivity index is 1.33. The second-order valence-electron chi connectivity index (χ2n) is 14.3. The fourth-order valence-electron chi connectivity index (χ4n) is 11.3. The quantitative estimate of drug-likeness (QED) is 0.254. The van der Waals surface area contributed by atoms with Gasteiger partial charge in [-0.3, -0.25) is 0 Å². The van der Waals surface area contributed by atoms with E-state index < -0.39 is 0 Å². The number of hydrogen-bond donors (Lipinski definition) is 0. The van der Waals surface area contributed by atoms with Crippen molar-refractivity contribution in [2.24, 2.45) is 32.5 Å². The van der Waals surface area contributed by atoms with Crippen molar-refractivity contribution in [1.29, 1.82) is 0 Å². The van der Waals surface area contributed by atoms with Gasteiger partial charge in [-0.25, -0.2) is 0 Å². The lowest BCUT2D eigenvalue weighted by molar-refractivity contribution is 0.209. The zero-order valence-electron chi connectivity index (χ0n) is 25.3. The molecule has 10 rings (SSSR count). The molecule has 10 aliphatic rings. The summed E-state index contributed by atoms with van der Waals surface area (Å²) >= 11 is 0. The first-order chi connectivity index (χ1) is 22.2. The second-order valence-corrected chi connectivity index (χ2v) is 14.3. The monoisotopic (exact) mass is 570 g/mol. The molecule has 0 nitrogen and oxygen atoms in total. The molecule has 0 bridgehead atoms. The molecule has 0 aromatic carbocycles. The lowest BCUT2D eigenvalue weighted by atomic mass is 9.44. The van der Waals surface area contributed by atoms with Crippen LogP contribution in [-0.4, -0.2) is 0 Å². The Kier molecular flexibility index (Phi) is 4.72. The molecule has 6 atom stereocenters. The minimum absolute atomic E-state index is 0.0574. The lowest BCUT2D eigenvalue weighted by Crippen LogP contribution is -2.50. The van der Waals surface area contributed by atoms with Crippen LogP contribution < -0.4 is 0 Å². The molecule has 6 unspecified atom stereocenters. The molecule has 45 heavy (non-hydrogen) atoms. The fraction of sp³-hybridized carbons (Fsp3) is 0.333. The normalized spacial score (nSPS) is 41.6. The Labute approximate surface area is 264 Å². The van der Waals surface area contributed by atoms with Gasteiger partial charge in [0.2, 0.25) is 0 Å². The van der Waals surface area contributed by atoms with Gasteiger partial charge in [-0.1, -0.05) is 127 Å². The van der Waals surface area contributed by atoms with Gasteiger partial charge in [-0.2, -0.15) is 0 Å². The maximum atomic E-state index is 3.54. The average Bonchev–Trinajstić information content (AvgIpc) is 3.71. The standard InChI is InChI=1S/C45H30/c1-2-17-35-37(43-25-10-9-23-41(35,43)29-14-31-43)19-5-6-21-39-38(44-26-11-12-27-45(39,44)33-15-32-44)20-4-3-18-36-34(16-1)40-22-7-8-24-42(36,40)30-13-28-40/h7-12,22-27H,13-15,28-33H2. The molecule has 0 N–H and O–H groups in total. The summed E-state index contributed by atoms with van der Waals surface area (Å²) in [5.41, 5.74) is 47.5. The Morgan fingerprint density at radius 3 is 0.644 bits per heavy atom. The molecule has 0 heterocycles. The van der Waals surface area contributed by atoms with Crippen LogP contribution in [0.3, 0.4) is 0 Å². The first kappa shape index (κ1) is 25.4. The average molecular weight is 571 g/mol. The third-order valence-corrected chi connectivity index (χ3v) is 13.2. The predicted molar refractivity (Wildman–Crippen MR) is 174 cm³/mol. The first-order valence-electron chi connectivity index (χ1n) is 16.6. The van der Waals surface area contributed by atoms with Gasteiger partial charge < -0.3 is 0 Å². The highest BCUT2D eigenvalue weighted by atomic mass is 14.7. The molecular weight excluding hydrogens is 540 g/mol. The zero-order valence-corrected chi connectivity index (χ0v) is 25.3. The summed E-state index contributed by atoms with van der Waals surface area (Å²) in [6.45, 7) is 0. The second kappa shape index (κ2) is 8.38. The van der Waals surface area contributed by atoms with Gasteiger partial charge in [0, 0.05) is 65.9 Å². The van der Waals surface area contributed by atoms with Crippen LogP contribution >= 0.6 is 0 Å². The molecule has 0 aliphatic heterocycles. The van der Waals surface area contributed by atoms with Crippen LogP contribution in [0.4, 0.5) is 0 Å². The van der Waals surface area contributed by atoms with Crippen LogP contribution in [0.25, 0.3) is 0 Å². The van der Waals surface area contributed by atoms with Crippen molar-refractivity contribution in [3.8, 4) is 0 Å². The highest BCUT2D eigenvalue weighted by Crippen LogP contribution is 2.76. The molecule has 0 radical (unpaired) electrons. The molecule has 6 fully saturated rings. The van der Waals surface area contributed by atoms with E-state index in [-0.39, 0.29) is 32.5 Å². The number of rotatable bonds is 0. The highest BCUT2D eigenvalue weighted by Gasteiger charge is 2.68. The van der Waals surface area contributed by atoms with Crippen molar-refractivity contribution in [1.82, 2.24) is 0 Å². The van der Waals surface area contributed by atoms with Crippen molar-refractivity contribution in [2.75, 3.05) is 0 Å². The topological polar surface area (TPSA) is 0 Å². The van der Waals surface area contributed by atoms with Crippen LogP contribution in [-0.2, 0) is 0 Å². The highest BCUT2D eigenvalue weighted by molar-refractivity contribution is 5.66. The molecule has 210 valence electrons.